The Morgan fingerprint density at radius 1 is 1.17 bits per heavy atom. The Bertz CT molecular complexity index is 341. The average Bonchev–Trinajstić information content (AvgIpc) is 2.63. The summed E-state index contributed by atoms with van der Waals surface area (Å²) >= 11 is 0. The quantitative estimate of drug-likeness (QED) is 0.766. The van der Waals surface area contributed by atoms with Gasteiger partial charge >= 0.3 is 0 Å². The molecule has 0 radical (unpaired) electrons. The maximum Gasteiger partial charge on any atom is 0.197 e. The summed E-state index contributed by atoms with van der Waals surface area (Å²) in [6.45, 7) is 2.27. The van der Waals surface area contributed by atoms with Crippen LogP contribution in [0.2, 0.25) is 0 Å². The standard InChI is InChI=1S/C14H24O4/c1-12-6-4-7-14(16-2,17-3)13(12)8-5-10(15)11(9-12)18-13/h10-11,15H,4-9H2,1-3H3/t10-,11+,12-,13+/m0/s1. The van der Waals surface area contributed by atoms with Crippen LogP contribution in [0.5, 0.6) is 0 Å². The van der Waals surface area contributed by atoms with Crippen molar-refractivity contribution in [3.63, 3.8) is 0 Å². The highest BCUT2D eigenvalue weighted by atomic mass is 16.7. The molecule has 2 bridgehead atoms. The topological polar surface area (TPSA) is 47.9 Å². The summed E-state index contributed by atoms with van der Waals surface area (Å²) in [4.78, 5) is 0. The van der Waals surface area contributed by atoms with Crippen LogP contribution in [0, 0.1) is 5.41 Å². The monoisotopic (exact) mass is 256 g/mol. The van der Waals surface area contributed by atoms with Crippen molar-refractivity contribution >= 4 is 0 Å². The summed E-state index contributed by atoms with van der Waals surface area (Å²) in [5.74, 6) is -0.644. The van der Waals surface area contributed by atoms with E-state index in [1.54, 1.807) is 14.2 Å². The molecule has 2 saturated heterocycles. The van der Waals surface area contributed by atoms with Gasteiger partial charge in [-0.15, -0.1) is 0 Å². The summed E-state index contributed by atoms with van der Waals surface area (Å²) in [7, 11) is 3.43. The Morgan fingerprint density at radius 3 is 2.56 bits per heavy atom. The third kappa shape index (κ3) is 1.30. The van der Waals surface area contributed by atoms with E-state index in [0.29, 0.717) is 0 Å². The van der Waals surface area contributed by atoms with Crippen molar-refractivity contribution in [1.29, 1.82) is 0 Å². The fourth-order valence-electron chi connectivity index (χ4n) is 4.74. The highest BCUT2D eigenvalue weighted by Gasteiger charge is 2.71. The van der Waals surface area contributed by atoms with E-state index in [-0.39, 0.29) is 23.2 Å². The van der Waals surface area contributed by atoms with E-state index in [1.807, 2.05) is 0 Å². The Morgan fingerprint density at radius 2 is 1.89 bits per heavy atom. The zero-order valence-electron chi connectivity index (χ0n) is 11.6. The number of rotatable bonds is 2. The minimum absolute atomic E-state index is 0.0495. The summed E-state index contributed by atoms with van der Waals surface area (Å²) < 4.78 is 17.9. The lowest BCUT2D eigenvalue weighted by Crippen LogP contribution is -2.66. The molecule has 4 atom stereocenters. The molecular formula is C14H24O4. The number of fused-ring (bicyclic) bond motifs is 1. The van der Waals surface area contributed by atoms with E-state index < -0.39 is 5.79 Å². The molecule has 104 valence electrons. The van der Waals surface area contributed by atoms with Crippen molar-refractivity contribution in [2.24, 2.45) is 5.41 Å². The first-order chi connectivity index (χ1) is 8.52. The van der Waals surface area contributed by atoms with E-state index in [1.165, 1.54) is 0 Å². The Hall–Kier alpha value is -0.160. The number of hydrogen-bond acceptors (Lipinski definition) is 4. The molecule has 1 spiro atoms. The highest BCUT2D eigenvalue weighted by molar-refractivity contribution is 5.17. The van der Waals surface area contributed by atoms with E-state index in [2.05, 4.69) is 6.92 Å². The van der Waals surface area contributed by atoms with Crippen LogP contribution < -0.4 is 0 Å². The van der Waals surface area contributed by atoms with Gasteiger partial charge in [-0.05, 0) is 32.1 Å². The first-order valence-corrected chi connectivity index (χ1v) is 6.99. The van der Waals surface area contributed by atoms with Gasteiger partial charge in [-0.3, -0.25) is 0 Å². The molecule has 2 aliphatic heterocycles. The van der Waals surface area contributed by atoms with Gasteiger partial charge < -0.3 is 19.3 Å². The second-order valence-corrected chi connectivity index (χ2v) is 6.37. The Kier molecular flexibility index (Phi) is 2.80. The fourth-order valence-corrected chi connectivity index (χ4v) is 4.74. The van der Waals surface area contributed by atoms with Crippen LogP contribution in [0.15, 0.2) is 0 Å². The van der Waals surface area contributed by atoms with Gasteiger partial charge in [0.1, 0.15) is 5.60 Å². The van der Waals surface area contributed by atoms with Crippen molar-refractivity contribution in [3.05, 3.63) is 0 Å². The SMILES string of the molecule is COC1(OC)CCC[C@@]2(C)C[C@H]3O[C@@]12CC[C@@H]3O. The van der Waals surface area contributed by atoms with Crippen molar-refractivity contribution in [2.75, 3.05) is 14.2 Å². The van der Waals surface area contributed by atoms with Gasteiger partial charge in [0.05, 0.1) is 12.2 Å². The number of aliphatic hydroxyl groups is 1. The molecule has 3 rings (SSSR count). The first-order valence-electron chi connectivity index (χ1n) is 6.99. The zero-order chi connectivity index (χ0) is 13.0. The number of aliphatic hydroxyl groups excluding tert-OH is 1. The lowest BCUT2D eigenvalue weighted by molar-refractivity contribution is -0.357. The maximum absolute atomic E-state index is 10.1. The minimum Gasteiger partial charge on any atom is -0.390 e. The van der Waals surface area contributed by atoms with Gasteiger partial charge in [0, 0.05) is 26.1 Å². The predicted molar refractivity (Wildman–Crippen MR) is 66.2 cm³/mol. The molecule has 18 heavy (non-hydrogen) atoms. The molecule has 4 heteroatoms. The molecule has 1 saturated carbocycles. The fraction of sp³-hybridized carbons (Fsp3) is 1.00. The maximum atomic E-state index is 10.1. The highest BCUT2D eigenvalue weighted by Crippen LogP contribution is 2.64. The molecule has 0 aromatic heterocycles. The summed E-state index contributed by atoms with van der Waals surface area (Å²) in [6, 6.07) is 0. The minimum atomic E-state index is -0.644. The van der Waals surface area contributed by atoms with Crippen molar-refractivity contribution in [3.8, 4) is 0 Å². The number of methoxy groups -OCH3 is 2. The molecule has 0 unspecified atom stereocenters. The van der Waals surface area contributed by atoms with Crippen LogP contribution in [-0.2, 0) is 14.2 Å². The molecule has 0 aromatic carbocycles. The van der Waals surface area contributed by atoms with Crippen LogP contribution in [0.1, 0.15) is 45.4 Å². The van der Waals surface area contributed by atoms with Gasteiger partial charge in [-0.2, -0.15) is 0 Å². The molecular weight excluding hydrogens is 232 g/mol. The Labute approximate surface area is 109 Å². The normalized spacial score (nSPS) is 50.0. The van der Waals surface area contributed by atoms with Crippen molar-refractivity contribution in [1.82, 2.24) is 0 Å². The van der Waals surface area contributed by atoms with Crippen LogP contribution in [-0.4, -0.2) is 42.9 Å². The molecule has 0 aromatic rings. The second-order valence-electron chi connectivity index (χ2n) is 6.37. The van der Waals surface area contributed by atoms with Crippen molar-refractivity contribution in [2.45, 2.75) is 69.0 Å². The summed E-state index contributed by atoms with van der Waals surface area (Å²) in [6.07, 6.45) is 5.24. The molecule has 2 heterocycles. The van der Waals surface area contributed by atoms with E-state index >= 15 is 0 Å². The molecule has 3 fully saturated rings. The van der Waals surface area contributed by atoms with Gasteiger partial charge in [0.2, 0.25) is 0 Å². The predicted octanol–water partition coefficient (Wildman–Crippen LogP) is 1.85. The van der Waals surface area contributed by atoms with E-state index in [0.717, 1.165) is 38.5 Å². The smallest absolute Gasteiger partial charge is 0.197 e. The molecule has 3 aliphatic rings. The first kappa shape index (κ1) is 12.9. The van der Waals surface area contributed by atoms with Gasteiger partial charge in [0.25, 0.3) is 0 Å². The van der Waals surface area contributed by atoms with Gasteiger partial charge in [-0.25, -0.2) is 0 Å². The van der Waals surface area contributed by atoms with Crippen LogP contribution in [0.4, 0.5) is 0 Å². The molecule has 4 nitrogen and oxygen atoms in total. The second kappa shape index (κ2) is 3.92. The zero-order valence-corrected chi connectivity index (χ0v) is 11.6. The van der Waals surface area contributed by atoms with Gasteiger partial charge in [-0.1, -0.05) is 6.92 Å². The van der Waals surface area contributed by atoms with E-state index in [4.69, 9.17) is 14.2 Å². The third-order valence-electron chi connectivity index (χ3n) is 5.71. The molecule has 1 aliphatic carbocycles. The molecule has 1 N–H and O–H groups in total. The lowest BCUT2D eigenvalue weighted by Gasteiger charge is -2.57. The summed E-state index contributed by atoms with van der Waals surface area (Å²) in [5, 5.41) is 10.1. The van der Waals surface area contributed by atoms with Crippen LogP contribution >= 0.6 is 0 Å². The number of ether oxygens (including phenoxy) is 3. The Balaban J connectivity index is 2.07. The largest absolute Gasteiger partial charge is 0.390 e. The lowest BCUT2D eigenvalue weighted by atomic mass is 9.60. The van der Waals surface area contributed by atoms with Crippen LogP contribution in [0.3, 0.4) is 0 Å². The van der Waals surface area contributed by atoms with E-state index in [9.17, 15) is 5.11 Å². The average molecular weight is 256 g/mol. The van der Waals surface area contributed by atoms with Crippen molar-refractivity contribution < 1.29 is 19.3 Å². The third-order valence-corrected chi connectivity index (χ3v) is 5.71. The van der Waals surface area contributed by atoms with Gasteiger partial charge in [0.15, 0.2) is 5.79 Å². The van der Waals surface area contributed by atoms with Crippen LogP contribution in [0.25, 0.3) is 0 Å². The number of hydrogen-bond donors (Lipinski definition) is 1. The molecule has 0 amide bonds. The summed E-state index contributed by atoms with van der Waals surface area (Å²) in [5.41, 5.74) is -0.328.